The number of terminal acetylenes is 1. The molecule has 0 radical (unpaired) electrons. The van der Waals surface area contributed by atoms with Gasteiger partial charge in [-0.3, -0.25) is 4.79 Å². The molecule has 0 N–H and O–H groups in total. The third-order valence-corrected chi connectivity index (χ3v) is 3.60. The highest BCUT2D eigenvalue weighted by atomic mass is 16.5. The van der Waals surface area contributed by atoms with E-state index in [2.05, 4.69) is 5.92 Å². The van der Waals surface area contributed by atoms with Gasteiger partial charge >= 0.3 is 0 Å². The number of rotatable bonds is 7. The lowest BCUT2D eigenvalue weighted by molar-refractivity contribution is -0.130. The quantitative estimate of drug-likeness (QED) is 0.713. The van der Waals surface area contributed by atoms with Crippen LogP contribution in [0.5, 0.6) is 5.75 Å². The van der Waals surface area contributed by atoms with E-state index < -0.39 is 0 Å². The summed E-state index contributed by atoms with van der Waals surface area (Å²) in [6.45, 7) is 1.25. The molecule has 1 aliphatic carbocycles. The van der Waals surface area contributed by atoms with Gasteiger partial charge in [0.05, 0.1) is 13.7 Å². The average Bonchev–Trinajstić information content (AvgIpc) is 3.29. The average molecular weight is 271 g/mol. The van der Waals surface area contributed by atoms with E-state index in [4.69, 9.17) is 11.2 Å². The molecular weight excluding hydrogens is 250 g/mol. The molecule has 2 rings (SSSR count). The number of carbonyl (C=O) groups is 1. The SMILES string of the molecule is C#CCN(CC1CC1)C(=O)CCc1ccc(OC)cc1. The number of ether oxygens (including phenoxy) is 1. The summed E-state index contributed by atoms with van der Waals surface area (Å²) in [6, 6.07) is 7.84. The molecule has 1 saturated carbocycles. The third kappa shape index (κ3) is 4.31. The smallest absolute Gasteiger partial charge is 0.223 e. The fraction of sp³-hybridized carbons (Fsp3) is 0.471. The van der Waals surface area contributed by atoms with Crippen LogP contribution in [0.3, 0.4) is 0 Å². The van der Waals surface area contributed by atoms with Crippen molar-refractivity contribution in [2.75, 3.05) is 20.2 Å². The largest absolute Gasteiger partial charge is 0.497 e. The van der Waals surface area contributed by atoms with Crippen molar-refractivity contribution in [3.63, 3.8) is 0 Å². The van der Waals surface area contributed by atoms with Gasteiger partial charge in [0.25, 0.3) is 0 Å². The Bertz CT molecular complexity index is 483. The van der Waals surface area contributed by atoms with Gasteiger partial charge in [-0.05, 0) is 42.9 Å². The second-order valence-corrected chi connectivity index (χ2v) is 5.27. The molecule has 0 aliphatic heterocycles. The standard InChI is InChI=1S/C17H21NO2/c1-3-12-18(13-15-4-5-15)17(19)11-8-14-6-9-16(20-2)10-7-14/h1,6-7,9-10,15H,4-5,8,11-13H2,2H3. The van der Waals surface area contributed by atoms with Gasteiger partial charge in [-0.1, -0.05) is 18.1 Å². The van der Waals surface area contributed by atoms with Gasteiger partial charge in [0.1, 0.15) is 5.75 Å². The molecule has 1 aromatic carbocycles. The minimum absolute atomic E-state index is 0.158. The number of hydrogen-bond acceptors (Lipinski definition) is 2. The Balaban J connectivity index is 1.83. The molecule has 3 nitrogen and oxygen atoms in total. The predicted octanol–water partition coefficient (Wildman–Crippen LogP) is 2.50. The molecular formula is C17H21NO2. The van der Waals surface area contributed by atoms with Crippen LogP contribution >= 0.6 is 0 Å². The van der Waals surface area contributed by atoms with E-state index in [0.717, 1.165) is 24.3 Å². The van der Waals surface area contributed by atoms with E-state index in [1.807, 2.05) is 29.2 Å². The maximum atomic E-state index is 12.2. The Kier molecular flexibility index (Phi) is 5.06. The fourth-order valence-corrected chi connectivity index (χ4v) is 2.18. The second-order valence-electron chi connectivity index (χ2n) is 5.27. The number of hydrogen-bond donors (Lipinski definition) is 0. The molecule has 0 heterocycles. The lowest BCUT2D eigenvalue weighted by atomic mass is 10.1. The van der Waals surface area contributed by atoms with Crippen LogP contribution in [0.25, 0.3) is 0 Å². The number of amides is 1. The van der Waals surface area contributed by atoms with Crippen LogP contribution in [-0.2, 0) is 11.2 Å². The summed E-state index contributed by atoms with van der Waals surface area (Å²) < 4.78 is 5.12. The summed E-state index contributed by atoms with van der Waals surface area (Å²) in [5, 5.41) is 0. The van der Waals surface area contributed by atoms with Gasteiger partial charge in [-0.15, -0.1) is 6.42 Å². The number of carbonyl (C=O) groups excluding carboxylic acids is 1. The summed E-state index contributed by atoms with van der Waals surface area (Å²) in [4.78, 5) is 14.0. The van der Waals surface area contributed by atoms with Crippen LogP contribution < -0.4 is 4.74 Å². The molecule has 3 heteroatoms. The zero-order valence-electron chi connectivity index (χ0n) is 12.0. The molecule has 20 heavy (non-hydrogen) atoms. The molecule has 0 saturated heterocycles. The monoisotopic (exact) mass is 271 g/mol. The fourth-order valence-electron chi connectivity index (χ4n) is 2.18. The first kappa shape index (κ1) is 14.5. The lowest BCUT2D eigenvalue weighted by Crippen LogP contribution is -2.33. The van der Waals surface area contributed by atoms with Gasteiger partial charge in [0, 0.05) is 13.0 Å². The molecule has 0 aromatic heterocycles. The first-order valence-electron chi connectivity index (χ1n) is 7.07. The van der Waals surface area contributed by atoms with Crippen molar-refractivity contribution in [2.45, 2.75) is 25.7 Å². The molecule has 0 atom stereocenters. The topological polar surface area (TPSA) is 29.5 Å². The van der Waals surface area contributed by atoms with Gasteiger partial charge < -0.3 is 9.64 Å². The van der Waals surface area contributed by atoms with E-state index in [1.54, 1.807) is 7.11 Å². The van der Waals surface area contributed by atoms with Crippen LogP contribution in [0.2, 0.25) is 0 Å². The van der Waals surface area contributed by atoms with Crippen LogP contribution in [0.4, 0.5) is 0 Å². The first-order valence-corrected chi connectivity index (χ1v) is 7.07. The zero-order chi connectivity index (χ0) is 14.4. The maximum Gasteiger partial charge on any atom is 0.223 e. The van der Waals surface area contributed by atoms with Crippen molar-refractivity contribution in [1.29, 1.82) is 0 Å². The van der Waals surface area contributed by atoms with Crippen molar-refractivity contribution in [1.82, 2.24) is 4.90 Å². The Morgan fingerprint density at radius 3 is 2.65 bits per heavy atom. The van der Waals surface area contributed by atoms with Gasteiger partial charge in [-0.2, -0.15) is 0 Å². The Labute approximate surface area is 120 Å². The molecule has 1 aromatic rings. The first-order chi connectivity index (χ1) is 9.72. The summed E-state index contributed by atoms with van der Waals surface area (Å²) in [5.74, 6) is 4.25. The Morgan fingerprint density at radius 1 is 1.40 bits per heavy atom. The van der Waals surface area contributed by atoms with E-state index in [9.17, 15) is 4.79 Å². The van der Waals surface area contributed by atoms with Crippen LogP contribution in [0.1, 0.15) is 24.8 Å². The van der Waals surface area contributed by atoms with E-state index in [-0.39, 0.29) is 5.91 Å². The summed E-state index contributed by atoms with van der Waals surface area (Å²) >= 11 is 0. The van der Waals surface area contributed by atoms with Crippen LogP contribution in [0, 0.1) is 18.3 Å². The Hall–Kier alpha value is -1.95. The molecule has 1 amide bonds. The summed E-state index contributed by atoms with van der Waals surface area (Å²) in [5.41, 5.74) is 1.14. The molecule has 1 fully saturated rings. The highest BCUT2D eigenvalue weighted by Gasteiger charge is 2.26. The van der Waals surface area contributed by atoms with Crippen LogP contribution in [0.15, 0.2) is 24.3 Å². The third-order valence-electron chi connectivity index (χ3n) is 3.60. The van der Waals surface area contributed by atoms with Crippen LogP contribution in [-0.4, -0.2) is 31.0 Å². The summed E-state index contributed by atoms with van der Waals surface area (Å²) in [6.07, 6.45) is 9.06. The number of methoxy groups -OCH3 is 1. The molecule has 1 aliphatic rings. The molecule has 0 unspecified atom stereocenters. The van der Waals surface area contributed by atoms with Crippen molar-refractivity contribution < 1.29 is 9.53 Å². The minimum Gasteiger partial charge on any atom is -0.497 e. The molecule has 0 bridgehead atoms. The van der Waals surface area contributed by atoms with Crippen molar-refractivity contribution >= 4 is 5.91 Å². The Morgan fingerprint density at radius 2 is 2.10 bits per heavy atom. The predicted molar refractivity (Wildman–Crippen MR) is 79.5 cm³/mol. The number of aryl methyl sites for hydroxylation is 1. The van der Waals surface area contributed by atoms with E-state index in [1.165, 1.54) is 12.8 Å². The van der Waals surface area contributed by atoms with Gasteiger partial charge in [-0.25, -0.2) is 0 Å². The molecule has 0 spiro atoms. The highest BCUT2D eigenvalue weighted by Crippen LogP contribution is 2.29. The normalized spacial score (nSPS) is 13.6. The molecule has 106 valence electrons. The highest BCUT2D eigenvalue weighted by molar-refractivity contribution is 5.76. The number of benzene rings is 1. The number of nitrogens with zero attached hydrogens (tertiary/aromatic N) is 1. The zero-order valence-corrected chi connectivity index (χ0v) is 12.0. The lowest BCUT2D eigenvalue weighted by Gasteiger charge is -2.20. The second kappa shape index (κ2) is 7.00. The van der Waals surface area contributed by atoms with Gasteiger partial charge in [0.2, 0.25) is 5.91 Å². The van der Waals surface area contributed by atoms with Crippen molar-refractivity contribution in [3.05, 3.63) is 29.8 Å². The maximum absolute atomic E-state index is 12.2. The minimum atomic E-state index is 0.158. The van der Waals surface area contributed by atoms with Crippen molar-refractivity contribution in [2.24, 2.45) is 5.92 Å². The summed E-state index contributed by atoms with van der Waals surface area (Å²) in [7, 11) is 1.65. The van der Waals surface area contributed by atoms with Crippen molar-refractivity contribution in [3.8, 4) is 18.1 Å². The van der Waals surface area contributed by atoms with Gasteiger partial charge in [0.15, 0.2) is 0 Å². The van der Waals surface area contributed by atoms with E-state index in [0.29, 0.717) is 18.9 Å². The van der Waals surface area contributed by atoms with E-state index >= 15 is 0 Å².